The SMILES string of the molecule is CNCc1cc(Br)ccc1OCc1csc(C(C)C)n1. The van der Waals surface area contributed by atoms with E-state index in [-0.39, 0.29) is 0 Å². The minimum absolute atomic E-state index is 0.473. The van der Waals surface area contributed by atoms with Crippen molar-refractivity contribution in [1.82, 2.24) is 10.3 Å². The van der Waals surface area contributed by atoms with Crippen LogP contribution in [0, 0.1) is 0 Å². The van der Waals surface area contributed by atoms with E-state index in [1.807, 2.05) is 19.2 Å². The van der Waals surface area contributed by atoms with Gasteiger partial charge in [0.25, 0.3) is 0 Å². The summed E-state index contributed by atoms with van der Waals surface area (Å²) in [5.74, 6) is 1.38. The van der Waals surface area contributed by atoms with E-state index >= 15 is 0 Å². The summed E-state index contributed by atoms with van der Waals surface area (Å²) >= 11 is 5.19. The molecule has 0 aliphatic carbocycles. The second kappa shape index (κ2) is 7.20. The van der Waals surface area contributed by atoms with Gasteiger partial charge in [0.15, 0.2) is 0 Å². The molecule has 0 atom stereocenters. The van der Waals surface area contributed by atoms with Crippen molar-refractivity contribution in [1.29, 1.82) is 0 Å². The lowest BCUT2D eigenvalue weighted by Gasteiger charge is -2.11. The molecule has 1 aromatic carbocycles. The van der Waals surface area contributed by atoms with Gasteiger partial charge in [0.2, 0.25) is 0 Å². The van der Waals surface area contributed by atoms with Gasteiger partial charge in [-0.25, -0.2) is 4.98 Å². The zero-order valence-corrected chi connectivity index (χ0v) is 14.3. The lowest BCUT2D eigenvalue weighted by Crippen LogP contribution is -2.07. The van der Waals surface area contributed by atoms with Crippen LogP contribution in [0.5, 0.6) is 5.75 Å². The Balaban J connectivity index is 2.06. The second-order valence-corrected chi connectivity index (χ2v) is 6.71. The predicted octanol–water partition coefficient (Wildman–Crippen LogP) is 4.33. The standard InChI is InChI=1S/C15H19BrN2OS/c1-10(2)15-18-13(9-20-15)8-19-14-5-4-12(16)6-11(14)7-17-3/h4-6,9-10,17H,7-8H2,1-3H3. The molecule has 3 nitrogen and oxygen atoms in total. The number of halogens is 1. The molecule has 0 amide bonds. The molecular formula is C15H19BrN2OS. The molecule has 1 heterocycles. The molecule has 0 unspecified atom stereocenters. The highest BCUT2D eigenvalue weighted by Gasteiger charge is 2.08. The average molecular weight is 355 g/mol. The van der Waals surface area contributed by atoms with Gasteiger partial charge in [0, 0.05) is 27.9 Å². The molecule has 1 aromatic heterocycles. The van der Waals surface area contributed by atoms with Crippen molar-refractivity contribution >= 4 is 27.3 Å². The van der Waals surface area contributed by atoms with Crippen molar-refractivity contribution in [3.63, 3.8) is 0 Å². The number of ether oxygens (including phenoxy) is 1. The summed E-state index contributed by atoms with van der Waals surface area (Å²) in [4.78, 5) is 4.59. The van der Waals surface area contributed by atoms with E-state index < -0.39 is 0 Å². The van der Waals surface area contributed by atoms with Crippen molar-refractivity contribution in [2.75, 3.05) is 7.05 Å². The summed E-state index contributed by atoms with van der Waals surface area (Å²) in [6.45, 7) is 5.61. The minimum atomic E-state index is 0.473. The number of nitrogens with one attached hydrogen (secondary N) is 1. The molecule has 1 N–H and O–H groups in total. The molecule has 5 heteroatoms. The Labute approximate surface area is 132 Å². The first-order valence-electron chi connectivity index (χ1n) is 6.60. The maximum atomic E-state index is 5.91. The van der Waals surface area contributed by atoms with Crippen LogP contribution in [0.4, 0.5) is 0 Å². The van der Waals surface area contributed by atoms with Gasteiger partial charge in [-0.1, -0.05) is 29.8 Å². The monoisotopic (exact) mass is 354 g/mol. The smallest absolute Gasteiger partial charge is 0.131 e. The Morgan fingerprint density at radius 1 is 1.40 bits per heavy atom. The molecule has 2 aromatic rings. The third-order valence-electron chi connectivity index (χ3n) is 2.83. The van der Waals surface area contributed by atoms with Crippen LogP contribution in [-0.4, -0.2) is 12.0 Å². The van der Waals surface area contributed by atoms with Crippen molar-refractivity contribution < 1.29 is 4.74 Å². The van der Waals surface area contributed by atoms with Crippen molar-refractivity contribution in [2.24, 2.45) is 0 Å². The Bertz CT molecular complexity index is 569. The van der Waals surface area contributed by atoms with E-state index in [0.717, 1.165) is 33.0 Å². The van der Waals surface area contributed by atoms with Crippen molar-refractivity contribution in [3.8, 4) is 5.75 Å². The van der Waals surface area contributed by atoms with Gasteiger partial charge in [-0.15, -0.1) is 11.3 Å². The third-order valence-corrected chi connectivity index (χ3v) is 4.52. The first-order valence-corrected chi connectivity index (χ1v) is 8.27. The zero-order chi connectivity index (χ0) is 14.5. The van der Waals surface area contributed by atoms with E-state index in [9.17, 15) is 0 Å². The maximum absolute atomic E-state index is 5.91. The summed E-state index contributed by atoms with van der Waals surface area (Å²) in [6, 6.07) is 6.06. The first kappa shape index (κ1) is 15.5. The Hall–Kier alpha value is -0.910. The molecule has 0 saturated carbocycles. The lowest BCUT2D eigenvalue weighted by atomic mass is 10.2. The van der Waals surface area contributed by atoms with E-state index in [4.69, 9.17) is 4.74 Å². The lowest BCUT2D eigenvalue weighted by molar-refractivity contribution is 0.298. The van der Waals surface area contributed by atoms with Crippen molar-refractivity contribution in [2.45, 2.75) is 32.9 Å². The fourth-order valence-electron chi connectivity index (χ4n) is 1.82. The summed E-state index contributed by atoms with van der Waals surface area (Å²) in [6.07, 6.45) is 0. The van der Waals surface area contributed by atoms with E-state index in [2.05, 4.69) is 51.5 Å². The highest BCUT2D eigenvalue weighted by molar-refractivity contribution is 9.10. The summed E-state index contributed by atoms with van der Waals surface area (Å²) in [7, 11) is 1.93. The van der Waals surface area contributed by atoms with Crippen LogP contribution in [0.2, 0.25) is 0 Å². The summed E-state index contributed by atoms with van der Waals surface area (Å²) < 4.78 is 6.97. The molecule has 0 fully saturated rings. The number of aromatic nitrogens is 1. The molecule has 2 rings (SSSR count). The van der Waals surface area contributed by atoms with Crippen LogP contribution in [0.1, 0.15) is 36.0 Å². The van der Waals surface area contributed by atoms with Gasteiger partial charge < -0.3 is 10.1 Å². The van der Waals surface area contributed by atoms with Crippen LogP contribution in [-0.2, 0) is 13.2 Å². The molecular weight excluding hydrogens is 336 g/mol. The average Bonchev–Trinajstić information content (AvgIpc) is 2.87. The molecule has 0 saturated heterocycles. The van der Waals surface area contributed by atoms with E-state index in [1.54, 1.807) is 11.3 Å². The molecule has 108 valence electrons. The number of hydrogen-bond donors (Lipinski definition) is 1. The molecule has 0 radical (unpaired) electrons. The van der Waals surface area contributed by atoms with Gasteiger partial charge in [-0.05, 0) is 25.2 Å². The topological polar surface area (TPSA) is 34.1 Å². The van der Waals surface area contributed by atoms with Gasteiger partial charge in [-0.2, -0.15) is 0 Å². The predicted molar refractivity (Wildman–Crippen MR) is 87.4 cm³/mol. The van der Waals surface area contributed by atoms with Crippen LogP contribution >= 0.6 is 27.3 Å². The molecule has 0 aliphatic rings. The van der Waals surface area contributed by atoms with Gasteiger partial charge >= 0.3 is 0 Å². The van der Waals surface area contributed by atoms with E-state index in [1.165, 1.54) is 0 Å². The maximum Gasteiger partial charge on any atom is 0.131 e. The number of nitrogens with zero attached hydrogens (tertiary/aromatic N) is 1. The molecule has 0 aliphatic heterocycles. The first-order chi connectivity index (χ1) is 9.60. The fraction of sp³-hybridized carbons (Fsp3) is 0.400. The van der Waals surface area contributed by atoms with Gasteiger partial charge in [0.1, 0.15) is 12.4 Å². The second-order valence-electron chi connectivity index (χ2n) is 4.90. The normalized spacial score (nSPS) is 11.1. The van der Waals surface area contributed by atoms with E-state index in [0.29, 0.717) is 12.5 Å². The van der Waals surface area contributed by atoms with Crippen LogP contribution in [0.15, 0.2) is 28.1 Å². The number of rotatable bonds is 6. The highest BCUT2D eigenvalue weighted by Crippen LogP contribution is 2.25. The molecule has 0 spiro atoms. The fourth-order valence-corrected chi connectivity index (χ4v) is 3.05. The number of hydrogen-bond acceptors (Lipinski definition) is 4. The van der Waals surface area contributed by atoms with Crippen LogP contribution in [0.25, 0.3) is 0 Å². The van der Waals surface area contributed by atoms with Gasteiger partial charge in [-0.3, -0.25) is 0 Å². The molecule has 0 bridgehead atoms. The van der Waals surface area contributed by atoms with Crippen molar-refractivity contribution in [3.05, 3.63) is 44.3 Å². The third kappa shape index (κ3) is 4.04. The largest absolute Gasteiger partial charge is 0.487 e. The van der Waals surface area contributed by atoms with Gasteiger partial charge in [0.05, 0.1) is 10.7 Å². The quantitative estimate of drug-likeness (QED) is 0.838. The number of thiazole rings is 1. The highest BCUT2D eigenvalue weighted by atomic mass is 79.9. The zero-order valence-electron chi connectivity index (χ0n) is 11.9. The van der Waals surface area contributed by atoms with Crippen LogP contribution in [0.3, 0.4) is 0 Å². The Morgan fingerprint density at radius 2 is 2.20 bits per heavy atom. The summed E-state index contributed by atoms with van der Waals surface area (Å²) in [5.41, 5.74) is 2.14. The van der Waals surface area contributed by atoms with Crippen LogP contribution < -0.4 is 10.1 Å². The Morgan fingerprint density at radius 3 is 2.85 bits per heavy atom. The Kier molecular flexibility index (Phi) is 5.57. The summed E-state index contributed by atoms with van der Waals surface area (Å²) in [5, 5.41) is 6.39. The molecule has 20 heavy (non-hydrogen) atoms. The number of benzene rings is 1. The minimum Gasteiger partial charge on any atom is -0.487 e.